The second-order valence-corrected chi connectivity index (χ2v) is 8.12. The first-order valence-corrected chi connectivity index (χ1v) is 8.92. The summed E-state index contributed by atoms with van der Waals surface area (Å²) in [5.41, 5.74) is 0.375. The summed E-state index contributed by atoms with van der Waals surface area (Å²) in [6.07, 6.45) is 1.61. The molecule has 2 nitrogen and oxygen atoms in total. The first kappa shape index (κ1) is 15.2. The SMILES string of the molecule is Cc1ccc(CN2CCC(O)(c3ccc(Br)cc3)CC2)s1. The van der Waals surface area contributed by atoms with Crippen LogP contribution < -0.4 is 0 Å². The Balaban J connectivity index is 1.62. The first-order chi connectivity index (χ1) is 10.0. The summed E-state index contributed by atoms with van der Waals surface area (Å²) >= 11 is 5.32. The molecule has 1 fully saturated rings. The molecule has 0 radical (unpaired) electrons. The second kappa shape index (κ2) is 6.21. The van der Waals surface area contributed by atoms with Gasteiger partial charge in [-0.3, -0.25) is 4.90 Å². The fourth-order valence-electron chi connectivity index (χ4n) is 2.92. The molecule has 0 spiro atoms. The minimum atomic E-state index is -0.664. The number of hydrogen-bond acceptors (Lipinski definition) is 3. The molecule has 1 aromatic carbocycles. The predicted molar refractivity (Wildman–Crippen MR) is 91.6 cm³/mol. The molecule has 1 aliphatic rings. The summed E-state index contributed by atoms with van der Waals surface area (Å²) in [6.45, 7) is 5.05. The van der Waals surface area contributed by atoms with Crippen molar-refractivity contribution in [1.29, 1.82) is 0 Å². The third-order valence-corrected chi connectivity index (χ3v) is 5.75. The number of halogens is 1. The van der Waals surface area contributed by atoms with Crippen molar-refractivity contribution in [3.63, 3.8) is 0 Å². The summed E-state index contributed by atoms with van der Waals surface area (Å²) in [7, 11) is 0. The lowest BCUT2D eigenvalue weighted by atomic mass is 9.84. The smallest absolute Gasteiger partial charge is 0.0920 e. The Morgan fingerprint density at radius 3 is 2.38 bits per heavy atom. The maximum Gasteiger partial charge on any atom is 0.0920 e. The molecule has 0 saturated carbocycles. The van der Waals surface area contributed by atoms with Gasteiger partial charge < -0.3 is 5.11 Å². The lowest BCUT2D eigenvalue weighted by Gasteiger charge is -2.38. The molecule has 0 amide bonds. The van der Waals surface area contributed by atoms with Crippen LogP contribution in [0.3, 0.4) is 0 Å². The highest BCUT2D eigenvalue weighted by Gasteiger charge is 2.33. The Hall–Kier alpha value is -0.680. The summed E-state index contributed by atoms with van der Waals surface area (Å²) in [5, 5.41) is 10.9. The molecular weight excluding hydrogens is 346 g/mol. The fourth-order valence-corrected chi connectivity index (χ4v) is 4.12. The van der Waals surface area contributed by atoms with Crippen molar-refractivity contribution in [3.8, 4) is 0 Å². The van der Waals surface area contributed by atoms with E-state index in [9.17, 15) is 5.11 Å². The van der Waals surface area contributed by atoms with Crippen LogP contribution in [0.2, 0.25) is 0 Å². The second-order valence-electron chi connectivity index (χ2n) is 5.83. The van der Waals surface area contributed by atoms with E-state index < -0.39 is 5.60 Å². The van der Waals surface area contributed by atoms with Gasteiger partial charge in [-0.2, -0.15) is 0 Å². The van der Waals surface area contributed by atoms with Crippen LogP contribution in [0.5, 0.6) is 0 Å². The van der Waals surface area contributed by atoms with Gasteiger partial charge in [0.2, 0.25) is 0 Å². The normalized spacial score (nSPS) is 18.8. The summed E-state index contributed by atoms with van der Waals surface area (Å²) in [6, 6.07) is 12.5. The van der Waals surface area contributed by atoms with Crippen molar-refractivity contribution < 1.29 is 5.11 Å². The molecule has 112 valence electrons. The molecule has 0 bridgehead atoms. The molecular formula is C17H20BrNOS. The monoisotopic (exact) mass is 365 g/mol. The molecule has 2 aromatic rings. The van der Waals surface area contributed by atoms with Gasteiger partial charge in [-0.05, 0) is 49.6 Å². The predicted octanol–water partition coefficient (Wildman–Crippen LogP) is 4.30. The number of thiophene rings is 1. The molecule has 2 heterocycles. The van der Waals surface area contributed by atoms with E-state index in [0.29, 0.717) is 0 Å². The van der Waals surface area contributed by atoms with Crippen molar-refractivity contribution in [2.24, 2.45) is 0 Å². The number of nitrogens with zero attached hydrogens (tertiary/aromatic N) is 1. The van der Waals surface area contributed by atoms with Crippen molar-refractivity contribution in [2.75, 3.05) is 13.1 Å². The number of likely N-dealkylation sites (tertiary alicyclic amines) is 1. The van der Waals surface area contributed by atoms with E-state index >= 15 is 0 Å². The quantitative estimate of drug-likeness (QED) is 0.876. The Morgan fingerprint density at radius 1 is 1.14 bits per heavy atom. The minimum Gasteiger partial charge on any atom is -0.385 e. The van der Waals surface area contributed by atoms with Gasteiger partial charge in [-0.15, -0.1) is 11.3 Å². The molecule has 1 aliphatic heterocycles. The van der Waals surface area contributed by atoms with E-state index in [1.165, 1.54) is 9.75 Å². The van der Waals surface area contributed by atoms with Crippen LogP contribution in [0.15, 0.2) is 40.9 Å². The topological polar surface area (TPSA) is 23.5 Å². The molecule has 0 atom stereocenters. The van der Waals surface area contributed by atoms with Crippen LogP contribution in [0.4, 0.5) is 0 Å². The highest BCUT2D eigenvalue weighted by molar-refractivity contribution is 9.10. The van der Waals surface area contributed by atoms with Gasteiger partial charge in [0.05, 0.1) is 5.60 Å². The number of rotatable bonds is 3. The van der Waals surface area contributed by atoms with Gasteiger partial charge >= 0.3 is 0 Å². The van der Waals surface area contributed by atoms with Gasteiger partial charge in [-0.25, -0.2) is 0 Å². The van der Waals surface area contributed by atoms with Crippen molar-refractivity contribution in [3.05, 3.63) is 56.2 Å². The van der Waals surface area contributed by atoms with Gasteiger partial charge in [0, 0.05) is 33.9 Å². The zero-order valence-corrected chi connectivity index (χ0v) is 14.6. The fraction of sp³-hybridized carbons (Fsp3) is 0.412. The van der Waals surface area contributed by atoms with E-state index in [4.69, 9.17) is 0 Å². The third-order valence-electron chi connectivity index (χ3n) is 4.24. The molecule has 4 heteroatoms. The van der Waals surface area contributed by atoms with E-state index in [0.717, 1.165) is 42.5 Å². The average Bonchev–Trinajstić information content (AvgIpc) is 2.88. The Labute approximate surface area is 138 Å². The highest BCUT2D eigenvalue weighted by Crippen LogP contribution is 2.34. The zero-order chi connectivity index (χ0) is 14.9. The molecule has 1 aromatic heterocycles. The van der Waals surface area contributed by atoms with E-state index in [2.05, 4.69) is 39.9 Å². The number of piperidine rings is 1. The van der Waals surface area contributed by atoms with Crippen molar-refractivity contribution in [2.45, 2.75) is 31.9 Å². The average molecular weight is 366 g/mol. The van der Waals surface area contributed by atoms with Crippen LogP contribution >= 0.6 is 27.3 Å². The molecule has 0 unspecified atom stereocenters. The molecule has 0 aliphatic carbocycles. The van der Waals surface area contributed by atoms with Crippen molar-refractivity contribution >= 4 is 27.3 Å². The van der Waals surface area contributed by atoms with Gasteiger partial charge in [0.25, 0.3) is 0 Å². The number of benzene rings is 1. The van der Waals surface area contributed by atoms with Crippen LogP contribution in [0, 0.1) is 6.92 Å². The van der Waals surface area contributed by atoms with Gasteiger partial charge in [0.1, 0.15) is 0 Å². The maximum atomic E-state index is 10.9. The van der Waals surface area contributed by atoms with Gasteiger partial charge in [0.15, 0.2) is 0 Å². The van der Waals surface area contributed by atoms with Crippen LogP contribution in [0.25, 0.3) is 0 Å². The number of aliphatic hydroxyl groups is 1. The lowest BCUT2D eigenvalue weighted by Crippen LogP contribution is -2.42. The van der Waals surface area contributed by atoms with Crippen molar-refractivity contribution in [1.82, 2.24) is 4.90 Å². The van der Waals surface area contributed by atoms with E-state index in [1.54, 1.807) is 0 Å². The summed E-state index contributed by atoms with van der Waals surface area (Å²) in [4.78, 5) is 5.23. The molecule has 3 rings (SSSR count). The summed E-state index contributed by atoms with van der Waals surface area (Å²) < 4.78 is 1.06. The third kappa shape index (κ3) is 3.57. The van der Waals surface area contributed by atoms with E-state index in [1.807, 2.05) is 35.6 Å². The minimum absolute atomic E-state index is 0.664. The molecule has 21 heavy (non-hydrogen) atoms. The maximum absolute atomic E-state index is 10.9. The molecule has 1 N–H and O–H groups in total. The number of hydrogen-bond donors (Lipinski definition) is 1. The standard InChI is InChI=1S/C17H20BrNOS/c1-13-2-7-16(21-13)12-19-10-8-17(20,9-11-19)14-3-5-15(18)6-4-14/h2-7,20H,8-12H2,1H3. The van der Waals surface area contributed by atoms with Crippen LogP contribution in [-0.4, -0.2) is 23.1 Å². The largest absolute Gasteiger partial charge is 0.385 e. The first-order valence-electron chi connectivity index (χ1n) is 7.31. The molecule has 1 saturated heterocycles. The van der Waals surface area contributed by atoms with Crippen LogP contribution in [0.1, 0.15) is 28.2 Å². The lowest BCUT2D eigenvalue weighted by molar-refractivity contribution is -0.0275. The van der Waals surface area contributed by atoms with Crippen LogP contribution in [-0.2, 0) is 12.1 Å². The number of aryl methyl sites for hydroxylation is 1. The Morgan fingerprint density at radius 2 is 1.81 bits per heavy atom. The highest BCUT2D eigenvalue weighted by atomic mass is 79.9. The Bertz CT molecular complexity index is 600. The zero-order valence-electron chi connectivity index (χ0n) is 12.2. The van der Waals surface area contributed by atoms with Gasteiger partial charge in [-0.1, -0.05) is 28.1 Å². The Kier molecular flexibility index (Phi) is 4.50. The summed E-state index contributed by atoms with van der Waals surface area (Å²) in [5.74, 6) is 0. The van der Waals surface area contributed by atoms with E-state index in [-0.39, 0.29) is 0 Å².